The standard InChI is InChI=1S/C31H33NO5/c1-35-23-7-6-8-24(17-23)36-16-15-31(34)18-21-13-14-22(19-31)32(21)30(33)37-20-29-27-11-4-2-9-25(27)26-10-3-5-12-28(26)29/h2-12,17,21-22,29,34H,13-16,18-20H2,1H3. The number of methoxy groups -OCH3 is 1. The highest BCUT2D eigenvalue weighted by atomic mass is 16.6. The number of carbonyl (C=O) groups is 1. The van der Waals surface area contributed by atoms with Gasteiger partial charge in [-0.25, -0.2) is 4.79 Å². The van der Waals surface area contributed by atoms with Crippen molar-refractivity contribution in [3.05, 3.63) is 83.9 Å². The van der Waals surface area contributed by atoms with Crippen molar-refractivity contribution in [3.8, 4) is 22.6 Å². The van der Waals surface area contributed by atoms with Crippen LogP contribution in [0.5, 0.6) is 11.5 Å². The highest BCUT2D eigenvalue weighted by molar-refractivity contribution is 5.79. The number of carbonyl (C=O) groups excluding carboxylic acids is 1. The van der Waals surface area contributed by atoms with Crippen LogP contribution >= 0.6 is 0 Å². The van der Waals surface area contributed by atoms with Crippen LogP contribution in [-0.2, 0) is 4.74 Å². The Morgan fingerprint density at radius 2 is 1.54 bits per heavy atom. The van der Waals surface area contributed by atoms with E-state index in [1.165, 1.54) is 22.3 Å². The SMILES string of the molecule is COc1cccc(OCCC2(O)CC3CCC(C2)N3C(=O)OCC2c3ccccc3-c3ccccc32)c1. The lowest BCUT2D eigenvalue weighted by Gasteiger charge is -2.43. The zero-order chi connectivity index (χ0) is 25.4. The fraction of sp³-hybridized carbons (Fsp3) is 0.387. The predicted octanol–water partition coefficient (Wildman–Crippen LogP) is 5.77. The number of aliphatic hydroxyl groups is 1. The van der Waals surface area contributed by atoms with Gasteiger partial charge in [0.2, 0.25) is 0 Å². The van der Waals surface area contributed by atoms with Gasteiger partial charge in [0.1, 0.15) is 18.1 Å². The van der Waals surface area contributed by atoms with Crippen LogP contribution in [0.4, 0.5) is 4.79 Å². The predicted molar refractivity (Wildman–Crippen MR) is 141 cm³/mol. The van der Waals surface area contributed by atoms with Gasteiger partial charge in [-0.1, -0.05) is 54.6 Å². The van der Waals surface area contributed by atoms with E-state index in [4.69, 9.17) is 14.2 Å². The summed E-state index contributed by atoms with van der Waals surface area (Å²) >= 11 is 0. The molecule has 1 amide bonds. The molecule has 2 heterocycles. The number of amides is 1. The van der Waals surface area contributed by atoms with E-state index in [1.807, 2.05) is 41.3 Å². The van der Waals surface area contributed by atoms with E-state index < -0.39 is 5.60 Å². The molecule has 3 aliphatic rings. The highest BCUT2D eigenvalue weighted by Crippen LogP contribution is 2.46. The summed E-state index contributed by atoms with van der Waals surface area (Å²) in [5, 5.41) is 11.4. The molecule has 0 saturated carbocycles. The molecular weight excluding hydrogens is 466 g/mol. The van der Waals surface area contributed by atoms with Crippen LogP contribution in [0.2, 0.25) is 0 Å². The van der Waals surface area contributed by atoms with Gasteiger partial charge in [0.05, 0.1) is 19.3 Å². The van der Waals surface area contributed by atoms with Crippen LogP contribution < -0.4 is 9.47 Å². The quantitative estimate of drug-likeness (QED) is 0.447. The summed E-state index contributed by atoms with van der Waals surface area (Å²) in [5.74, 6) is 1.51. The lowest BCUT2D eigenvalue weighted by molar-refractivity contribution is -0.0592. The van der Waals surface area contributed by atoms with Gasteiger partial charge in [0.15, 0.2) is 0 Å². The van der Waals surface area contributed by atoms with E-state index in [0.717, 1.165) is 24.3 Å². The van der Waals surface area contributed by atoms with Crippen molar-refractivity contribution in [2.45, 2.75) is 55.7 Å². The Labute approximate surface area is 217 Å². The molecule has 6 heteroatoms. The topological polar surface area (TPSA) is 68.2 Å². The number of piperidine rings is 1. The molecule has 6 rings (SSSR count). The lowest BCUT2D eigenvalue weighted by Crippen LogP contribution is -2.53. The smallest absolute Gasteiger partial charge is 0.410 e. The van der Waals surface area contributed by atoms with E-state index in [1.54, 1.807) is 7.11 Å². The number of fused-ring (bicyclic) bond motifs is 5. The third-order valence-corrected chi connectivity index (χ3v) is 8.28. The molecule has 2 aliphatic heterocycles. The summed E-state index contributed by atoms with van der Waals surface area (Å²) in [7, 11) is 1.63. The molecule has 2 unspecified atom stereocenters. The number of rotatable bonds is 7. The van der Waals surface area contributed by atoms with Crippen LogP contribution in [0.15, 0.2) is 72.8 Å². The fourth-order valence-corrected chi connectivity index (χ4v) is 6.54. The van der Waals surface area contributed by atoms with Crippen molar-refractivity contribution in [1.82, 2.24) is 4.90 Å². The minimum Gasteiger partial charge on any atom is -0.497 e. The van der Waals surface area contributed by atoms with Crippen molar-refractivity contribution in [2.75, 3.05) is 20.3 Å². The first-order chi connectivity index (χ1) is 18.0. The van der Waals surface area contributed by atoms with Crippen LogP contribution in [-0.4, -0.2) is 54.1 Å². The van der Waals surface area contributed by atoms with Crippen molar-refractivity contribution in [2.24, 2.45) is 0 Å². The summed E-state index contributed by atoms with van der Waals surface area (Å²) in [6, 6.07) is 24.2. The third kappa shape index (κ3) is 4.55. The molecule has 0 spiro atoms. The molecule has 192 valence electrons. The molecule has 0 aromatic heterocycles. The van der Waals surface area contributed by atoms with Crippen LogP contribution in [0, 0.1) is 0 Å². The molecule has 2 fully saturated rings. The van der Waals surface area contributed by atoms with Gasteiger partial charge in [-0.15, -0.1) is 0 Å². The molecule has 2 atom stereocenters. The molecule has 2 bridgehead atoms. The maximum Gasteiger partial charge on any atom is 0.410 e. The first kappa shape index (κ1) is 23.9. The number of hydrogen-bond donors (Lipinski definition) is 1. The summed E-state index contributed by atoms with van der Waals surface area (Å²) in [4.78, 5) is 15.2. The van der Waals surface area contributed by atoms with Crippen molar-refractivity contribution in [1.29, 1.82) is 0 Å². The summed E-state index contributed by atoms with van der Waals surface area (Å²) in [5.41, 5.74) is 4.02. The van der Waals surface area contributed by atoms with Gasteiger partial charge in [-0.3, -0.25) is 0 Å². The zero-order valence-corrected chi connectivity index (χ0v) is 21.1. The average Bonchev–Trinajstić information content (AvgIpc) is 3.39. The summed E-state index contributed by atoms with van der Waals surface area (Å²) < 4.78 is 17.1. The van der Waals surface area contributed by atoms with Crippen molar-refractivity contribution in [3.63, 3.8) is 0 Å². The second kappa shape index (κ2) is 9.75. The number of benzene rings is 3. The molecule has 1 aliphatic carbocycles. The van der Waals surface area contributed by atoms with Crippen LogP contribution in [0.25, 0.3) is 11.1 Å². The van der Waals surface area contributed by atoms with E-state index >= 15 is 0 Å². The van der Waals surface area contributed by atoms with Crippen molar-refractivity contribution < 1.29 is 24.1 Å². The fourth-order valence-electron chi connectivity index (χ4n) is 6.54. The van der Waals surface area contributed by atoms with Crippen LogP contribution in [0.1, 0.15) is 49.1 Å². The van der Waals surface area contributed by atoms with Gasteiger partial charge in [-0.2, -0.15) is 0 Å². The molecule has 37 heavy (non-hydrogen) atoms. The monoisotopic (exact) mass is 499 g/mol. The lowest BCUT2D eigenvalue weighted by atomic mass is 9.84. The molecule has 3 aromatic rings. The van der Waals surface area contributed by atoms with Gasteiger partial charge in [0, 0.05) is 30.5 Å². The Bertz CT molecular complexity index is 1230. The average molecular weight is 500 g/mol. The summed E-state index contributed by atoms with van der Waals surface area (Å²) in [6.45, 7) is 0.732. The Hall–Kier alpha value is -3.51. The first-order valence-electron chi connectivity index (χ1n) is 13.2. The van der Waals surface area contributed by atoms with Crippen LogP contribution in [0.3, 0.4) is 0 Å². The summed E-state index contributed by atoms with van der Waals surface area (Å²) in [6.07, 6.45) is 3.16. The zero-order valence-electron chi connectivity index (χ0n) is 21.1. The third-order valence-electron chi connectivity index (χ3n) is 8.28. The molecular formula is C31H33NO5. The Kier molecular flexibility index (Phi) is 6.29. The molecule has 2 saturated heterocycles. The van der Waals surface area contributed by atoms with Gasteiger partial charge < -0.3 is 24.2 Å². The van der Waals surface area contributed by atoms with Gasteiger partial charge >= 0.3 is 6.09 Å². The number of nitrogens with zero attached hydrogens (tertiary/aromatic N) is 1. The number of hydrogen-bond acceptors (Lipinski definition) is 5. The Morgan fingerprint density at radius 3 is 2.19 bits per heavy atom. The maximum absolute atomic E-state index is 13.3. The Morgan fingerprint density at radius 1 is 0.919 bits per heavy atom. The van der Waals surface area contributed by atoms with Crippen molar-refractivity contribution >= 4 is 6.09 Å². The normalized spacial score (nSPS) is 23.9. The highest BCUT2D eigenvalue weighted by Gasteiger charge is 2.50. The molecule has 1 N–H and O–H groups in total. The Balaban J connectivity index is 1.07. The molecule has 6 nitrogen and oxygen atoms in total. The molecule has 0 radical (unpaired) electrons. The minimum absolute atomic E-state index is 0.00350. The second-order valence-corrected chi connectivity index (χ2v) is 10.5. The van der Waals surface area contributed by atoms with Gasteiger partial charge in [0.25, 0.3) is 0 Å². The van der Waals surface area contributed by atoms with E-state index in [9.17, 15) is 9.90 Å². The minimum atomic E-state index is -0.842. The van der Waals surface area contributed by atoms with E-state index in [-0.39, 0.29) is 24.1 Å². The second-order valence-electron chi connectivity index (χ2n) is 10.5. The van der Waals surface area contributed by atoms with E-state index in [2.05, 4.69) is 36.4 Å². The maximum atomic E-state index is 13.3. The number of ether oxygens (including phenoxy) is 3. The first-order valence-corrected chi connectivity index (χ1v) is 13.2. The largest absolute Gasteiger partial charge is 0.497 e. The van der Waals surface area contributed by atoms with E-state index in [0.29, 0.717) is 32.5 Å². The van der Waals surface area contributed by atoms with Gasteiger partial charge in [-0.05, 0) is 60.1 Å². The molecule has 3 aromatic carbocycles.